The van der Waals surface area contributed by atoms with Crippen molar-refractivity contribution in [3.05, 3.63) is 84.2 Å². The van der Waals surface area contributed by atoms with E-state index in [2.05, 4.69) is 10.6 Å². The van der Waals surface area contributed by atoms with Gasteiger partial charge in [-0.25, -0.2) is 9.59 Å². The highest BCUT2D eigenvalue weighted by atomic mass is 16.6. The molecule has 0 saturated carbocycles. The molecule has 0 spiro atoms. The standard InChI is InChI=1S/C20H14N2O6/c23-15-11-12-16(24)18(22-20(26)28-14-9-5-2-6-10-14)17(15)21-19(25)27-13-7-3-1-4-8-13/h1-12H,(H,21,25)(H,22,26). The average molecular weight is 378 g/mol. The number of hydrogen-bond acceptors (Lipinski definition) is 6. The van der Waals surface area contributed by atoms with Crippen LogP contribution in [0.15, 0.2) is 84.2 Å². The van der Waals surface area contributed by atoms with Crippen molar-refractivity contribution >= 4 is 23.8 Å². The quantitative estimate of drug-likeness (QED) is 0.791. The molecule has 0 saturated heterocycles. The van der Waals surface area contributed by atoms with Crippen LogP contribution in [0.25, 0.3) is 0 Å². The van der Waals surface area contributed by atoms with Crippen LogP contribution >= 0.6 is 0 Å². The molecule has 0 atom stereocenters. The molecule has 1 aliphatic rings. The van der Waals surface area contributed by atoms with Crippen LogP contribution < -0.4 is 20.1 Å². The van der Waals surface area contributed by atoms with Gasteiger partial charge in [-0.15, -0.1) is 0 Å². The van der Waals surface area contributed by atoms with E-state index in [0.717, 1.165) is 12.2 Å². The van der Waals surface area contributed by atoms with Gasteiger partial charge >= 0.3 is 12.2 Å². The Hall–Kier alpha value is -4.20. The fourth-order valence-electron chi connectivity index (χ4n) is 2.26. The molecule has 8 nitrogen and oxygen atoms in total. The number of carbonyl (C=O) groups excluding carboxylic acids is 4. The second kappa shape index (κ2) is 8.45. The van der Waals surface area contributed by atoms with Crippen LogP contribution in [0.4, 0.5) is 9.59 Å². The van der Waals surface area contributed by atoms with E-state index in [4.69, 9.17) is 9.47 Å². The summed E-state index contributed by atoms with van der Waals surface area (Å²) in [5.41, 5.74) is -0.836. The second-order valence-electron chi connectivity index (χ2n) is 5.47. The zero-order valence-corrected chi connectivity index (χ0v) is 14.4. The minimum absolute atomic E-state index is 0.240. The number of benzene rings is 2. The fraction of sp³-hybridized carbons (Fsp3) is 0. The van der Waals surface area contributed by atoms with Crippen molar-refractivity contribution in [1.82, 2.24) is 10.6 Å². The van der Waals surface area contributed by atoms with Gasteiger partial charge in [-0.1, -0.05) is 36.4 Å². The molecule has 0 unspecified atom stereocenters. The molecule has 0 radical (unpaired) electrons. The molecule has 3 rings (SSSR count). The van der Waals surface area contributed by atoms with Crippen LogP contribution in [-0.2, 0) is 9.59 Å². The van der Waals surface area contributed by atoms with Gasteiger partial charge < -0.3 is 9.47 Å². The molecule has 0 aliphatic heterocycles. The van der Waals surface area contributed by atoms with Crippen LogP contribution in [-0.4, -0.2) is 23.8 Å². The summed E-state index contributed by atoms with van der Waals surface area (Å²) in [4.78, 5) is 48.3. The summed E-state index contributed by atoms with van der Waals surface area (Å²) in [6, 6.07) is 16.3. The predicted molar refractivity (Wildman–Crippen MR) is 97.4 cm³/mol. The maximum Gasteiger partial charge on any atom is 0.417 e. The summed E-state index contributed by atoms with van der Waals surface area (Å²) < 4.78 is 10.1. The number of allylic oxidation sites excluding steroid dienone is 2. The predicted octanol–water partition coefficient (Wildman–Crippen LogP) is 2.48. The molecule has 0 fully saturated rings. The van der Waals surface area contributed by atoms with E-state index in [9.17, 15) is 19.2 Å². The maximum atomic E-state index is 12.1. The zero-order valence-electron chi connectivity index (χ0n) is 14.4. The van der Waals surface area contributed by atoms with E-state index in [-0.39, 0.29) is 11.5 Å². The lowest BCUT2D eigenvalue weighted by Gasteiger charge is -2.16. The second-order valence-corrected chi connectivity index (χ2v) is 5.47. The van der Waals surface area contributed by atoms with Crippen LogP contribution in [0.3, 0.4) is 0 Å². The number of nitrogens with one attached hydrogen (secondary N) is 2. The topological polar surface area (TPSA) is 111 Å². The number of carbonyl (C=O) groups is 4. The first kappa shape index (κ1) is 18.6. The Morgan fingerprint density at radius 2 is 0.964 bits per heavy atom. The Morgan fingerprint density at radius 1 is 0.607 bits per heavy atom. The van der Waals surface area contributed by atoms with Gasteiger partial charge in [0.05, 0.1) is 0 Å². The van der Waals surface area contributed by atoms with Gasteiger partial charge in [0.2, 0.25) is 11.6 Å². The van der Waals surface area contributed by atoms with Gasteiger partial charge in [0.25, 0.3) is 0 Å². The van der Waals surface area contributed by atoms with Crippen molar-refractivity contribution in [1.29, 1.82) is 0 Å². The number of ether oxygens (including phenoxy) is 2. The number of para-hydroxylation sites is 2. The minimum Gasteiger partial charge on any atom is -0.410 e. The molecular weight excluding hydrogens is 364 g/mol. The normalized spacial score (nSPS) is 13.1. The molecule has 28 heavy (non-hydrogen) atoms. The molecule has 0 heterocycles. The molecule has 8 heteroatoms. The third kappa shape index (κ3) is 4.70. The molecule has 0 bridgehead atoms. The number of ketones is 2. The third-order valence-electron chi connectivity index (χ3n) is 3.49. The molecule has 2 N–H and O–H groups in total. The highest BCUT2D eigenvalue weighted by molar-refractivity contribution is 6.21. The van der Waals surface area contributed by atoms with Gasteiger partial charge in [-0.3, -0.25) is 20.2 Å². The van der Waals surface area contributed by atoms with Crippen LogP contribution in [0, 0.1) is 0 Å². The van der Waals surface area contributed by atoms with Crippen molar-refractivity contribution < 1.29 is 28.7 Å². The van der Waals surface area contributed by atoms with Crippen LogP contribution in [0.1, 0.15) is 0 Å². The zero-order chi connectivity index (χ0) is 19.9. The van der Waals surface area contributed by atoms with Gasteiger partial charge in [0.1, 0.15) is 22.9 Å². The van der Waals surface area contributed by atoms with E-state index in [1.165, 1.54) is 24.3 Å². The highest BCUT2D eigenvalue weighted by Crippen LogP contribution is 2.14. The summed E-state index contributed by atoms with van der Waals surface area (Å²) in [7, 11) is 0. The molecule has 2 amide bonds. The third-order valence-corrected chi connectivity index (χ3v) is 3.49. The maximum absolute atomic E-state index is 12.1. The van der Waals surface area contributed by atoms with Crippen molar-refractivity contribution in [2.75, 3.05) is 0 Å². The Kier molecular flexibility index (Phi) is 5.61. The lowest BCUT2D eigenvalue weighted by molar-refractivity contribution is -0.115. The molecule has 0 aromatic heterocycles. The van der Waals surface area contributed by atoms with Crippen molar-refractivity contribution in [3.63, 3.8) is 0 Å². The van der Waals surface area contributed by atoms with E-state index in [1.54, 1.807) is 36.4 Å². The first-order valence-corrected chi connectivity index (χ1v) is 8.12. The van der Waals surface area contributed by atoms with Gasteiger partial charge in [0, 0.05) is 0 Å². The van der Waals surface area contributed by atoms with Crippen LogP contribution in [0.5, 0.6) is 11.5 Å². The lowest BCUT2D eigenvalue weighted by atomic mass is 10.1. The van der Waals surface area contributed by atoms with Gasteiger partial charge in [-0.2, -0.15) is 0 Å². The van der Waals surface area contributed by atoms with Gasteiger partial charge in [-0.05, 0) is 36.4 Å². The number of amides is 2. The van der Waals surface area contributed by atoms with E-state index in [0.29, 0.717) is 0 Å². The Balaban J connectivity index is 1.75. The van der Waals surface area contributed by atoms with Crippen molar-refractivity contribution in [2.45, 2.75) is 0 Å². The summed E-state index contributed by atoms with van der Waals surface area (Å²) in [5, 5.41) is 4.39. The van der Waals surface area contributed by atoms with Crippen LogP contribution in [0.2, 0.25) is 0 Å². The summed E-state index contributed by atoms with van der Waals surface area (Å²) in [5.74, 6) is -0.883. The monoisotopic (exact) mass is 378 g/mol. The number of rotatable bonds is 4. The Morgan fingerprint density at radius 3 is 1.32 bits per heavy atom. The summed E-state index contributed by atoms with van der Waals surface area (Å²) in [6.45, 7) is 0. The SMILES string of the molecule is O=C(NC1=C(NC(=O)Oc2ccccc2)C(=O)C=CC1=O)Oc1ccccc1. The summed E-state index contributed by atoms with van der Waals surface area (Å²) in [6.07, 6.45) is -0.0238. The largest absolute Gasteiger partial charge is 0.417 e. The molecule has 2 aromatic rings. The molecule has 140 valence electrons. The fourth-order valence-corrected chi connectivity index (χ4v) is 2.26. The Labute approximate surface area is 159 Å². The van der Waals surface area contributed by atoms with Crippen molar-refractivity contribution in [3.8, 4) is 11.5 Å². The van der Waals surface area contributed by atoms with Crippen molar-refractivity contribution in [2.24, 2.45) is 0 Å². The molecule has 1 aliphatic carbocycles. The summed E-state index contributed by atoms with van der Waals surface area (Å²) >= 11 is 0. The van der Waals surface area contributed by atoms with E-state index < -0.39 is 35.1 Å². The molecule has 2 aromatic carbocycles. The minimum atomic E-state index is -0.992. The number of hydrogen-bond donors (Lipinski definition) is 2. The Bertz CT molecular complexity index is 901. The average Bonchev–Trinajstić information content (AvgIpc) is 2.69. The first-order chi connectivity index (χ1) is 13.5. The first-order valence-electron chi connectivity index (χ1n) is 8.12. The highest BCUT2D eigenvalue weighted by Gasteiger charge is 2.27. The van der Waals surface area contributed by atoms with E-state index >= 15 is 0 Å². The molecular formula is C20H14N2O6. The smallest absolute Gasteiger partial charge is 0.410 e. The lowest BCUT2D eigenvalue weighted by Crippen LogP contribution is -2.39. The van der Waals surface area contributed by atoms with E-state index in [1.807, 2.05) is 0 Å². The van der Waals surface area contributed by atoms with Gasteiger partial charge in [0.15, 0.2) is 0 Å².